The van der Waals surface area contributed by atoms with E-state index in [1.165, 1.54) is 18.4 Å². The predicted molar refractivity (Wildman–Crippen MR) is 75.8 cm³/mol. The number of aliphatic hydroxyl groups is 1. The van der Waals surface area contributed by atoms with Gasteiger partial charge in [-0.2, -0.15) is 0 Å². The van der Waals surface area contributed by atoms with E-state index in [9.17, 15) is 5.11 Å². The normalized spacial score (nSPS) is 16.6. The number of hydrogen-bond acceptors (Lipinski definition) is 3. The van der Waals surface area contributed by atoms with E-state index in [1.54, 1.807) is 0 Å². The van der Waals surface area contributed by atoms with Gasteiger partial charge in [0.1, 0.15) is 12.4 Å². The highest BCUT2D eigenvalue weighted by molar-refractivity contribution is 9.10. The van der Waals surface area contributed by atoms with Crippen LogP contribution in [0.4, 0.5) is 0 Å². The molecule has 18 heavy (non-hydrogen) atoms. The van der Waals surface area contributed by atoms with E-state index in [2.05, 4.69) is 33.4 Å². The smallest absolute Gasteiger partial charge is 0.133 e. The molecule has 3 nitrogen and oxygen atoms in total. The molecule has 0 radical (unpaired) electrons. The summed E-state index contributed by atoms with van der Waals surface area (Å²) in [6.07, 6.45) is 2.92. The van der Waals surface area contributed by atoms with Crippen LogP contribution in [0.25, 0.3) is 0 Å². The van der Waals surface area contributed by atoms with Crippen molar-refractivity contribution >= 4 is 15.9 Å². The molecule has 1 aliphatic carbocycles. The third-order valence-corrected chi connectivity index (χ3v) is 3.69. The van der Waals surface area contributed by atoms with Gasteiger partial charge in [0.2, 0.25) is 0 Å². The molecule has 0 aliphatic heterocycles. The van der Waals surface area contributed by atoms with Crippen molar-refractivity contribution in [3.63, 3.8) is 0 Å². The molecule has 0 bridgehead atoms. The van der Waals surface area contributed by atoms with Crippen LogP contribution in [0.15, 0.2) is 22.7 Å². The minimum atomic E-state index is -0.395. The average Bonchev–Trinajstić information content (AvgIpc) is 3.18. The number of rotatable bonds is 7. The van der Waals surface area contributed by atoms with E-state index in [4.69, 9.17) is 4.74 Å². The molecule has 0 heterocycles. The van der Waals surface area contributed by atoms with E-state index < -0.39 is 6.10 Å². The molecular weight excluding hydrogens is 294 g/mol. The summed E-state index contributed by atoms with van der Waals surface area (Å²) < 4.78 is 6.51. The van der Waals surface area contributed by atoms with Crippen molar-refractivity contribution in [1.82, 2.24) is 5.32 Å². The maximum absolute atomic E-state index is 9.47. The summed E-state index contributed by atoms with van der Waals surface area (Å²) in [4.78, 5) is 0. The monoisotopic (exact) mass is 313 g/mol. The molecule has 1 unspecified atom stereocenters. The van der Waals surface area contributed by atoms with E-state index in [-0.39, 0.29) is 0 Å². The van der Waals surface area contributed by atoms with Gasteiger partial charge in [0.15, 0.2) is 0 Å². The highest BCUT2D eigenvalue weighted by atomic mass is 79.9. The van der Waals surface area contributed by atoms with Gasteiger partial charge in [-0.15, -0.1) is 0 Å². The van der Waals surface area contributed by atoms with Crippen LogP contribution in [0.3, 0.4) is 0 Å². The number of hydrogen-bond donors (Lipinski definition) is 2. The van der Waals surface area contributed by atoms with Crippen molar-refractivity contribution < 1.29 is 9.84 Å². The Morgan fingerprint density at radius 2 is 2.28 bits per heavy atom. The Bertz CT molecular complexity index is 393. The standard InChI is InChI=1S/C14H20BrNO2/c1-2-12(17)9-18-14-6-3-10(7-13(14)15)8-16-11-4-5-11/h3,6-7,11-12,16-17H,2,4-5,8-9H2,1H3. The van der Waals surface area contributed by atoms with E-state index in [0.29, 0.717) is 13.0 Å². The second kappa shape index (κ2) is 6.55. The van der Waals surface area contributed by atoms with Crippen LogP contribution in [-0.2, 0) is 6.54 Å². The molecule has 1 aromatic carbocycles. The van der Waals surface area contributed by atoms with Gasteiger partial charge in [-0.3, -0.25) is 0 Å². The zero-order valence-electron chi connectivity index (χ0n) is 10.7. The Morgan fingerprint density at radius 3 is 2.89 bits per heavy atom. The van der Waals surface area contributed by atoms with Gasteiger partial charge in [0.05, 0.1) is 10.6 Å². The SMILES string of the molecule is CCC(O)COc1ccc(CNC2CC2)cc1Br. The molecule has 0 saturated heterocycles. The minimum Gasteiger partial charge on any atom is -0.490 e. The summed E-state index contributed by atoms with van der Waals surface area (Å²) in [6.45, 7) is 3.19. The molecule has 1 fully saturated rings. The lowest BCUT2D eigenvalue weighted by molar-refractivity contribution is 0.104. The quantitative estimate of drug-likeness (QED) is 0.813. The fraction of sp³-hybridized carbons (Fsp3) is 0.571. The lowest BCUT2D eigenvalue weighted by atomic mass is 10.2. The second-order valence-electron chi connectivity index (χ2n) is 4.79. The first-order chi connectivity index (χ1) is 8.69. The Hall–Kier alpha value is -0.580. The van der Waals surface area contributed by atoms with Crippen molar-refractivity contribution in [2.45, 2.75) is 44.9 Å². The number of benzene rings is 1. The number of ether oxygens (including phenoxy) is 1. The summed E-state index contributed by atoms with van der Waals surface area (Å²) in [5, 5.41) is 12.9. The van der Waals surface area contributed by atoms with E-state index in [0.717, 1.165) is 22.8 Å². The van der Waals surface area contributed by atoms with Crippen LogP contribution in [-0.4, -0.2) is 23.9 Å². The zero-order chi connectivity index (χ0) is 13.0. The Kier molecular flexibility index (Phi) is 5.03. The fourth-order valence-electron chi connectivity index (χ4n) is 1.62. The molecule has 1 aliphatic rings. The molecule has 2 rings (SSSR count). The molecule has 0 aromatic heterocycles. The minimum absolute atomic E-state index is 0.342. The van der Waals surface area contributed by atoms with Crippen LogP contribution in [0, 0.1) is 0 Å². The topological polar surface area (TPSA) is 41.5 Å². The molecule has 4 heteroatoms. The summed E-state index contributed by atoms with van der Waals surface area (Å²) >= 11 is 3.51. The highest BCUT2D eigenvalue weighted by Crippen LogP contribution is 2.27. The average molecular weight is 314 g/mol. The molecule has 0 amide bonds. The van der Waals surface area contributed by atoms with Crippen LogP contribution in [0.1, 0.15) is 31.7 Å². The van der Waals surface area contributed by atoms with Crippen LogP contribution in [0.5, 0.6) is 5.75 Å². The molecule has 2 N–H and O–H groups in total. The second-order valence-corrected chi connectivity index (χ2v) is 5.65. The molecular formula is C14H20BrNO2. The van der Waals surface area contributed by atoms with Gasteiger partial charge in [-0.25, -0.2) is 0 Å². The van der Waals surface area contributed by atoms with E-state index in [1.807, 2.05) is 13.0 Å². The first-order valence-corrected chi connectivity index (χ1v) is 7.31. The van der Waals surface area contributed by atoms with Crippen molar-refractivity contribution in [2.24, 2.45) is 0 Å². The molecule has 0 spiro atoms. The van der Waals surface area contributed by atoms with Crippen LogP contribution < -0.4 is 10.1 Å². The lowest BCUT2D eigenvalue weighted by Crippen LogP contribution is -2.17. The summed E-state index contributed by atoms with van der Waals surface area (Å²) in [5.41, 5.74) is 1.25. The van der Waals surface area contributed by atoms with Gasteiger partial charge in [-0.05, 0) is 52.9 Å². The zero-order valence-corrected chi connectivity index (χ0v) is 12.2. The van der Waals surface area contributed by atoms with E-state index >= 15 is 0 Å². The van der Waals surface area contributed by atoms with Crippen molar-refractivity contribution in [2.75, 3.05) is 6.61 Å². The number of aliphatic hydroxyl groups excluding tert-OH is 1. The third-order valence-electron chi connectivity index (χ3n) is 3.07. The predicted octanol–water partition coefficient (Wildman–Crippen LogP) is 2.85. The highest BCUT2D eigenvalue weighted by Gasteiger charge is 2.20. The summed E-state index contributed by atoms with van der Waals surface area (Å²) in [5.74, 6) is 0.790. The lowest BCUT2D eigenvalue weighted by Gasteiger charge is -2.12. The Morgan fingerprint density at radius 1 is 1.50 bits per heavy atom. The van der Waals surface area contributed by atoms with Gasteiger partial charge < -0.3 is 15.2 Å². The molecule has 1 aromatic rings. The van der Waals surface area contributed by atoms with Gasteiger partial charge >= 0.3 is 0 Å². The van der Waals surface area contributed by atoms with Gasteiger partial charge in [0.25, 0.3) is 0 Å². The van der Waals surface area contributed by atoms with Crippen LogP contribution >= 0.6 is 15.9 Å². The molecule has 1 saturated carbocycles. The van der Waals surface area contributed by atoms with Crippen molar-refractivity contribution in [1.29, 1.82) is 0 Å². The largest absolute Gasteiger partial charge is 0.490 e. The summed E-state index contributed by atoms with van der Waals surface area (Å²) in [7, 11) is 0. The maximum Gasteiger partial charge on any atom is 0.133 e. The van der Waals surface area contributed by atoms with Gasteiger partial charge in [0, 0.05) is 12.6 Å². The maximum atomic E-state index is 9.47. The first kappa shape index (κ1) is 13.8. The van der Waals surface area contributed by atoms with Crippen LogP contribution in [0.2, 0.25) is 0 Å². The number of nitrogens with one attached hydrogen (secondary N) is 1. The van der Waals surface area contributed by atoms with Gasteiger partial charge in [-0.1, -0.05) is 13.0 Å². The third kappa shape index (κ3) is 4.26. The Balaban J connectivity index is 1.87. The molecule has 100 valence electrons. The number of halogens is 1. The first-order valence-electron chi connectivity index (χ1n) is 6.51. The Labute approximate surface area is 117 Å². The fourth-order valence-corrected chi connectivity index (χ4v) is 2.17. The van der Waals surface area contributed by atoms with Crippen molar-refractivity contribution in [3.05, 3.63) is 28.2 Å². The summed E-state index contributed by atoms with van der Waals surface area (Å²) in [6, 6.07) is 6.81. The molecule has 1 atom stereocenters. The van der Waals surface area contributed by atoms with Crippen molar-refractivity contribution in [3.8, 4) is 5.75 Å².